The van der Waals surface area contributed by atoms with Crippen LogP contribution in [0.2, 0.25) is 0 Å². The molecule has 1 N–H and O–H groups in total. The molecule has 0 spiro atoms. The molecule has 0 aliphatic carbocycles. The predicted octanol–water partition coefficient (Wildman–Crippen LogP) is 2.50. The summed E-state index contributed by atoms with van der Waals surface area (Å²) in [5, 5.41) is 1.23. The SMILES string of the molecule is CCc1ccc(N2NC(=O)/C(=C/c3ccc(C(=O)OC)cc3)C2=O)cc1. The van der Waals surface area contributed by atoms with E-state index < -0.39 is 17.8 Å². The maximum absolute atomic E-state index is 12.6. The molecule has 0 saturated carbocycles. The lowest BCUT2D eigenvalue weighted by Gasteiger charge is -2.14. The van der Waals surface area contributed by atoms with E-state index in [1.165, 1.54) is 18.2 Å². The van der Waals surface area contributed by atoms with Crippen LogP contribution in [0.4, 0.5) is 5.69 Å². The van der Waals surface area contributed by atoms with Crippen LogP contribution in [0.15, 0.2) is 54.1 Å². The largest absolute Gasteiger partial charge is 0.465 e. The number of carbonyl (C=O) groups is 3. The van der Waals surface area contributed by atoms with Crippen molar-refractivity contribution in [3.8, 4) is 0 Å². The minimum absolute atomic E-state index is 0.0374. The van der Waals surface area contributed by atoms with E-state index in [0.717, 1.165) is 12.0 Å². The highest BCUT2D eigenvalue weighted by molar-refractivity contribution is 6.31. The molecule has 132 valence electrons. The zero-order valence-electron chi connectivity index (χ0n) is 14.5. The lowest BCUT2D eigenvalue weighted by atomic mass is 10.1. The number of benzene rings is 2. The molecule has 0 atom stereocenters. The van der Waals surface area contributed by atoms with Gasteiger partial charge in [-0.3, -0.25) is 15.0 Å². The van der Waals surface area contributed by atoms with Crippen molar-refractivity contribution >= 4 is 29.5 Å². The number of hydrogen-bond acceptors (Lipinski definition) is 4. The van der Waals surface area contributed by atoms with Gasteiger partial charge < -0.3 is 4.74 Å². The van der Waals surface area contributed by atoms with Crippen LogP contribution >= 0.6 is 0 Å². The van der Waals surface area contributed by atoms with Crippen molar-refractivity contribution in [1.29, 1.82) is 0 Å². The minimum atomic E-state index is -0.466. The molecule has 26 heavy (non-hydrogen) atoms. The molecule has 2 amide bonds. The highest BCUT2D eigenvalue weighted by Crippen LogP contribution is 2.22. The fourth-order valence-electron chi connectivity index (χ4n) is 2.62. The van der Waals surface area contributed by atoms with E-state index in [1.54, 1.807) is 36.4 Å². The number of aryl methyl sites for hydroxylation is 1. The first-order valence-corrected chi connectivity index (χ1v) is 8.18. The van der Waals surface area contributed by atoms with Crippen LogP contribution in [0, 0.1) is 0 Å². The van der Waals surface area contributed by atoms with Crippen molar-refractivity contribution in [2.24, 2.45) is 0 Å². The highest BCUT2D eigenvalue weighted by Gasteiger charge is 2.34. The summed E-state index contributed by atoms with van der Waals surface area (Å²) in [6, 6.07) is 13.9. The van der Waals surface area contributed by atoms with Crippen LogP contribution in [-0.4, -0.2) is 24.9 Å². The zero-order chi connectivity index (χ0) is 18.7. The summed E-state index contributed by atoms with van der Waals surface area (Å²) in [6.07, 6.45) is 2.40. The third kappa shape index (κ3) is 3.35. The molecule has 0 aromatic heterocycles. The maximum atomic E-state index is 12.6. The van der Waals surface area contributed by atoms with Crippen LogP contribution in [0.5, 0.6) is 0 Å². The molecule has 1 saturated heterocycles. The Morgan fingerprint density at radius 2 is 1.73 bits per heavy atom. The number of amides is 2. The molecule has 2 aromatic carbocycles. The summed E-state index contributed by atoms with van der Waals surface area (Å²) < 4.78 is 4.64. The van der Waals surface area contributed by atoms with Gasteiger partial charge in [-0.15, -0.1) is 0 Å². The van der Waals surface area contributed by atoms with Crippen LogP contribution in [0.3, 0.4) is 0 Å². The number of rotatable bonds is 4. The molecule has 1 fully saturated rings. The first-order valence-electron chi connectivity index (χ1n) is 8.18. The Morgan fingerprint density at radius 1 is 1.08 bits per heavy atom. The third-order valence-corrected chi connectivity index (χ3v) is 4.14. The number of hydrazine groups is 1. The number of hydrogen-bond donors (Lipinski definition) is 1. The van der Waals surface area contributed by atoms with E-state index in [4.69, 9.17) is 0 Å². The molecule has 0 radical (unpaired) electrons. The molecule has 1 aliphatic heterocycles. The smallest absolute Gasteiger partial charge is 0.337 e. The van der Waals surface area contributed by atoms with Crippen molar-refractivity contribution in [1.82, 2.24) is 5.43 Å². The van der Waals surface area contributed by atoms with Gasteiger partial charge in [0.2, 0.25) is 0 Å². The summed E-state index contributed by atoms with van der Waals surface area (Å²) in [5.41, 5.74) is 5.39. The van der Waals surface area contributed by atoms with Crippen LogP contribution < -0.4 is 10.4 Å². The maximum Gasteiger partial charge on any atom is 0.337 e. The van der Waals surface area contributed by atoms with Gasteiger partial charge in [0.1, 0.15) is 5.57 Å². The standard InChI is InChI=1S/C20H18N2O4/c1-3-13-6-10-16(11-7-13)22-19(24)17(18(23)21-22)12-14-4-8-15(9-5-14)20(25)26-2/h4-12H,3H2,1-2H3,(H,21,23)/b17-12-. The number of esters is 1. The summed E-state index contributed by atoms with van der Waals surface area (Å²) >= 11 is 0. The van der Waals surface area contributed by atoms with E-state index in [1.807, 2.05) is 19.1 Å². The Bertz CT molecular complexity index is 883. The molecule has 0 unspecified atom stereocenters. The van der Waals surface area contributed by atoms with Crippen LogP contribution in [0.1, 0.15) is 28.4 Å². The summed E-state index contributed by atoms with van der Waals surface area (Å²) in [5.74, 6) is -1.33. The third-order valence-electron chi connectivity index (χ3n) is 4.14. The summed E-state index contributed by atoms with van der Waals surface area (Å²) in [4.78, 5) is 36.3. The van der Waals surface area contributed by atoms with Crippen molar-refractivity contribution in [3.05, 3.63) is 70.8 Å². The van der Waals surface area contributed by atoms with Crippen molar-refractivity contribution in [2.45, 2.75) is 13.3 Å². The Labute approximate surface area is 151 Å². The van der Waals surface area contributed by atoms with Gasteiger partial charge in [-0.05, 0) is 47.9 Å². The molecule has 2 aromatic rings. The topological polar surface area (TPSA) is 75.7 Å². The normalized spacial score (nSPS) is 15.3. The molecule has 1 heterocycles. The van der Waals surface area contributed by atoms with Gasteiger partial charge in [-0.2, -0.15) is 0 Å². The van der Waals surface area contributed by atoms with E-state index in [-0.39, 0.29) is 5.57 Å². The van der Waals surface area contributed by atoms with Crippen molar-refractivity contribution < 1.29 is 19.1 Å². The monoisotopic (exact) mass is 350 g/mol. The Morgan fingerprint density at radius 3 is 2.31 bits per heavy atom. The number of nitrogens with one attached hydrogen (secondary N) is 1. The fraction of sp³-hybridized carbons (Fsp3) is 0.150. The van der Waals surface area contributed by atoms with Gasteiger partial charge in [-0.1, -0.05) is 31.2 Å². The van der Waals surface area contributed by atoms with Crippen molar-refractivity contribution in [3.63, 3.8) is 0 Å². The van der Waals surface area contributed by atoms with E-state index in [2.05, 4.69) is 10.2 Å². The molecule has 0 bridgehead atoms. The molecule has 3 rings (SSSR count). The number of ether oxygens (including phenoxy) is 1. The van der Waals surface area contributed by atoms with Crippen molar-refractivity contribution in [2.75, 3.05) is 12.1 Å². The fourth-order valence-corrected chi connectivity index (χ4v) is 2.62. The zero-order valence-corrected chi connectivity index (χ0v) is 14.5. The first-order chi connectivity index (χ1) is 12.5. The van der Waals surface area contributed by atoms with Gasteiger partial charge in [0.15, 0.2) is 0 Å². The second-order valence-corrected chi connectivity index (χ2v) is 5.77. The number of nitrogens with zero attached hydrogens (tertiary/aromatic N) is 1. The average Bonchev–Trinajstić information content (AvgIpc) is 2.96. The summed E-state index contributed by atoms with van der Waals surface area (Å²) in [6.45, 7) is 2.05. The Balaban J connectivity index is 1.84. The second kappa shape index (κ2) is 7.23. The molecular formula is C20H18N2O4. The van der Waals surface area contributed by atoms with E-state index >= 15 is 0 Å². The van der Waals surface area contributed by atoms with E-state index in [9.17, 15) is 14.4 Å². The van der Waals surface area contributed by atoms with Gasteiger partial charge in [0, 0.05) is 0 Å². The minimum Gasteiger partial charge on any atom is -0.465 e. The predicted molar refractivity (Wildman–Crippen MR) is 97.2 cm³/mol. The molecule has 1 aliphatic rings. The molecule has 6 nitrogen and oxygen atoms in total. The van der Waals surface area contributed by atoms with Gasteiger partial charge in [0.25, 0.3) is 11.8 Å². The molecule has 6 heteroatoms. The lowest BCUT2D eigenvalue weighted by molar-refractivity contribution is -0.117. The lowest BCUT2D eigenvalue weighted by Crippen LogP contribution is -2.35. The van der Waals surface area contributed by atoms with Crippen LogP contribution in [-0.2, 0) is 20.7 Å². The Kier molecular flexibility index (Phi) is 4.84. The van der Waals surface area contributed by atoms with Crippen LogP contribution in [0.25, 0.3) is 6.08 Å². The highest BCUT2D eigenvalue weighted by atomic mass is 16.5. The second-order valence-electron chi connectivity index (χ2n) is 5.77. The Hall–Kier alpha value is -3.41. The molecular weight excluding hydrogens is 332 g/mol. The summed E-state index contributed by atoms with van der Waals surface area (Å²) in [7, 11) is 1.31. The average molecular weight is 350 g/mol. The van der Waals surface area contributed by atoms with E-state index in [0.29, 0.717) is 16.8 Å². The number of anilines is 1. The van der Waals surface area contributed by atoms with Gasteiger partial charge in [-0.25, -0.2) is 9.80 Å². The first kappa shape index (κ1) is 17.4. The van der Waals surface area contributed by atoms with Gasteiger partial charge >= 0.3 is 5.97 Å². The number of methoxy groups -OCH3 is 1. The quantitative estimate of drug-likeness (QED) is 0.522. The number of carbonyl (C=O) groups excluding carboxylic acids is 3. The van der Waals surface area contributed by atoms with Gasteiger partial charge in [0.05, 0.1) is 18.4 Å².